The van der Waals surface area contributed by atoms with Crippen molar-refractivity contribution in [2.45, 2.75) is 32.6 Å². The molecule has 8 nitrogen and oxygen atoms in total. The Hall–Kier alpha value is -3.85. The number of nitrogens with one attached hydrogen (secondary N) is 1. The van der Waals surface area contributed by atoms with Crippen LogP contribution in [0.4, 0.5) is 5.00 Å². The summed E-state index contributed by atoms with van der Waals surface area (Å²) in [4.78, 5) is 44.0. The fourth-order valence-corrected chi connectivity index (χ4v) is 5.53. The van der Waals surface area contributed by atoms with Gasteiger partial charge >= 0.3 is 5.97 Å². The van der Waals surface area contributed by atoms with Crippen LogP contribution in [-0.4, -0.2) is 38.9 Å². The van der Waals surface area contributed by atoms with Crippen LogP contribution in [0.5, 0.6) is 0 Å². The molecule has 0 bridgehead atoms. The molecule has 0 atom stereocenters. The molecule has 0 saturated heterocycles. The van der Waals surface area contributed by atoms with E-state index in [9.17, 15) is 14.4 Å². The monoisotopic (exact) mass is 474 g/mol. The van der Waals surface area contributed by atoms with Gasteiger partial charge in [-0.15, -0.1) is 11.3 Å². The number of ketones is 1. The summed E-state index contributed by atoms with van der Waals surface area (Å²) in [7, 11) is 0. The Morgan fingerprint density at radius 3 is 2.71 bits per heavy atom. The topological polar surface area (TPSA) is 103 Å². The average Bonchev–Trinajstić information content (AvgIpc) is 3.39. The smallest absolute Gasteiger partial charge is 0.344 e. The molecule has 0 fully saturated rings. The molecule has 1 N–H and O–H groups in total. The number of aromatic nitrogens is 3. The first kappa shape index (κ1) is 22.0. The van der Waals surface area contributed by atoms with Crippen LogP contribution >= 0.6 is 11.3 Å². The standard InChI is InChI=1S/C25H22N4O4S/c1-15-20(23-26-12-7-13-29(23)28-15)25(32)33-14-19(30)27-24-21(17-10-5-6-11-18(17)34-24)22(31)16-8-3-2-4-9-16/h2-4,7-9,12-13H,5-6,10-11,14H2,1H3,(H,27,30). The van der Waals surface area contributed by atoms with Crippen LogP contribution in [0.1, 0.15) is 55.3 Å². The van der Waals surface area contributed by atoms with Gasteiger partial charge in [0, 0.05) is 22.8 Å². The van der Waals surface area contributed by atoms with E-state index >= 15 is 0 Å². The Balaban J connectivity index is 1.35. The lowest BCUT2D eigenvalue weighted by Crippen LogP contribution is -2.22. The van der Waals surface area contributed by atoms with Gasteiger partial charge < -0.3 is 10.1 Å². The van der Waals surface area contributed by atoms with Crippen molar-refractivity contribution < 1.29 is 19.1 Å². The van der Waals surface area contributed by atoms with Gasteiger partial charge in [0.2, 0.25) is 0 Å². The summed E-state index contributed by atoms with van der Waals surface area (Å²) in [5, 5.41) is 7.57. The highest BCUT2D eigenvalue weighted by atomic mass is 32.1. The van der Waals surface area contributed by atoms with Gasteiger partial charge in [0.25, 0.3) is 5.91 Å². The van der Waals surface area contributed by atoms with Gasteiger partial charge in [-0.05, 0) is 44.2 Å². The van der Waals surface area contributed by atoms with E-state index in [4.69, 9.17) is 4.74 Å². The van der Waals surface area contributed by atoms with E-state index < -0.39 is 18.5 Å². The lowest BCUT2D eigenvalue weighted by molar-refractivity contribution is -0.119. The predicted octanol–water partition coefficient (Wildman–Crippen LogP) is 4.00. The number of hydrogen-bond donors (Lipinski definition) is 1. The number of anilines is 1. The van der Waals surface area contributed by atoms with E-state index in [0.29, 0.717) is 27.5 Å². The maximum Gasteiger partial charge on any atom is 0.344 e. The highest BCUT2D eigenvalue weighted by Crippen LogP contribution is 2.39. The van der Waals surface area contributed by atoms with E-state index in [1.807, 2.05) is 18.2 Å². The van der Waals surface area contributed by atoms with E-state index in [0.717, 1.165) is 36.1 Å². The zero-order chi connectivity index (χ0) is 23.7. The molecule has 1 amide bonds. The van der Waals surface area contributed by atoms with Gasteiger partial charge in [0.15, 0.2) is 18.0 Å². The van der Waals surface area contributed by atoms with E-state index in [2.05, 4.69) is 15.4 Å². The Morgan fingerprint density at radius 2 is 1.88 bits per heavy atom. The lowest BCUT2D eigenvalue weighted by Gasteiger charge is -2.12. The molecule has 0 unspecified atom stereocenters. The van der Waals surface area contributed by atoms with Gasteiger partial charge in [-0.3, -0.25) is 9.59 Å². The van der Waals surface area contributed by atoms with E-state index in [1.54, 1.807) is 37.5 Å². The minimum atomic E-state index is -0.674. The zero-order valence-electron chi connectivity index (χ0n) is 18.5. The fraction of sp³-hybridized carbons (Fsp3) is 0.240. The second-order valence-electron chi connectivity index (χ2n) is 8.08. The Bertz CT molecular complexity index is 1410. The number of fused-ring (bicyclic) bond motifs is 2. The van der Waals surface area contributed by atoms with E-state index in [-0.39, 0.29) is 11.3 Å². The normalized spacial score (nSPS) is 12.9. The molecule has 5 rings (SSSR count). The molecule has 0 saturated carbocycles. The number of benzene rings is 1. The van der Waals surface area contributed by atoms with Crippen molar-refractivity contribution >= 4 is 39.6 Å². The number of amides is 1. The van der Waals surface area contributed by atoms with Crippen molar-refractivity contribution in [3.63, 3.8) is 0 Å². The molecule has 1 aromatic carbocycles. The van der Waals surface area contributed by atoms with Crippen molar-refractivity contribution in [2.75, 3.05) is 11.9 Å². The third-order valence-electron chi connectivity index (χ3n) is 5.80. The lowest BCUT2D eigenvalue weighted by atomic mass is 9.92. The van der Waals surface area contributed by atoms with Gasteiger partial charge in [0.05, 0.1) is 11.3 Å². The third-order valence-corrected chi connectivity index (χ3v) is 7.00. The van der Waals surface area contributed by atoms with Crippen molar-refractivity contribution in [3.05, 3.63) is 81.6 Å². The first-order valence-corrected chi connectivity index (χ1v) is 11.9. The Labute approximate surface area is 199 Å². The largest absolute Gasteiger partial charge is 0.452 e. The maximum atomic E-state index is 13.3. The zero-order valence-corrected chi connectivity index (χ0v) is 19.4. The van der Waals surface area contributed by atoms with Crippen LogP contribution in [0, 0.1) is 6.92 Å². The highest BCUT2D eigenvalue weighted by molar-refractivity contribution is 7.17. The molecule has 3 heterocycles. The molecule has 1 aliphatic carbocycles. The second kappa shape index (κ2) is 9.18. The van der Waals surface area contributed by atoms with E-state index in [1.165, 1.54) is 15.9 Å². The number of ether oxygens (including phenoxy) is 1. The summed E-state index contributed by atoms with van der Waals surface area (Å²) in [5.41, 5.74) is 3.20. The quantitative estimate of drug-likeness (QED) is 0.335. The molecule has 3 aromatic heterocycles. The van der Waals surface area contributed by atoms with Crippen LogP contribution in [0.3, 0.4) is 0 Å². The number of carbonyl (C=O) groups is 3. The van der Waals surface area contributed by atoms with Crippen LogP contribution in [0.25, 0.3) is 5.65 Å². The van der Waals surface area contributed by atoms with Gasteiger partial charge in [0.1, 0.15) is 10.6 Å². The number of esters is 1. The van der Waals surface area contributed by atoms with Crippen LogP contribution in [0.15, 0.2) is 48.8 Å². The van der Waals surface area contributed by atoms with Crippen molar-refractivity contribution in [2.24, 2.45) is 0 Å². The third kappa shape index (κ3) is 4.10. The summed E-state index contributed by atoms with van der Waals surface area (Å²) in [6, 6.07) is 10.8. The van der Waals surface area contributed by atoms with Crippen molar-refractivity contribution in [1.82, 2.24) is 14.6 Å². The Kier molecular flexibility index (Phi) is 5.93. The van der Waals surface area contributed by atoms with Gasteiger partial charge in [-0.1, -0.05) is 30.3 Å². The first-order valence-electron chi connectivity index (χ1n) is 11.0. The summed E-state index contributed by atoms with van der Waals surface area (Å²) < 4.78 is 6.76. The first-order chi connectivity index (χ1) is 16.5. The molecule has 0 radical (unpaired) electrons. The number of rotatable bonds is 6. The SMILES string of the molecule is Cc1nn2cccnc2c1C(=O)OCC(=O)Nc1sc2c(c1C(=O)c1ccccc1)CCCC2. The van der Waals surface area contributed by atoms with Gasteiger partial charge in [-0.2, -0.15) is 5.10 Å². The number of aryl methyl sites for hydroxylation is 2. The molecule has 0 aliphatic heterocycles. The van der Waals surface area contributed by atoms with Crippen LogP contribution in [0.2, 0.25) is 0 Å². The summed E-state index contributed by atoms with van der Waals surface area (Å²) in [6.45, 7) is 1.20. The molecule has 172 valence electrons. The molecule has 0 spiro atoms. The number of carbonyl (C=O) groups excluding carboxylic acids is 3. The molecule has 1 aliphatic rings. The summed E-state index contributed by atoms with van der Waals surface area (Å²) >= 11 is 1.43. The predicted molar refractivity (Wildman–Crippen MR) is 127 cm³/mol. The second-order valence-corrected chi connectivity index (χ2v) is 9.19. The Morgan fingerprint density at radius 1 is 1.09 bits per heavy atom. The van der Waals surface area contributed by atoms with Crippen molar-refractivity contribution in [1.29, 1.82) is 0 Å². The molecule has 34 heavy (non-hydrogen) atoms. The summed E-state index contributed by atoms with van der Waals surface area (Å²) in [6.07, 6.45) is 7.01. The minimum Gasteiger partial charge on any atom is -0.452 e. The average molecular weight is 475 g/mol. The fourth-order valence-electron chi connectivity index (χ4n) is 4.23. The van der Waals surface area contributed by atoms with Crippen LogP contribution < -0.4 is 5.32 Å². The molecular formula is C25H22N4O4S. The number of hydrogen-bond acceptors (Lipinski definition) is 7. The number of thiophene rings is 1. The van der Waals surface area contributed by atoms with Crippen molar-refractivity contribution in [3.8, 4) is 0 Å². The minimum absolute atomic E-state index is 0.111. The number of nitrogens with zero attached hydrogens (tertiary/aromatic N) is 3. The van der Waals surface area contributed by atoms with Gasteiger partial charge in [-0.25, -0.2) is 14.3 Å². The summed E-state index contributed by atoms with van der Waals surface area (Å²) in [5.74, 6) is -1.29. The van der Waals surface area contributed by atoms with Crippen LogP contribution in [-0.2, 0) is 22.4 Å². The maximum absolute atomic E-state index is 13.3. The molecule has 4 aromatic rings. The molecule has 9 heteroatoms. The molecular weight excluding hydrogens is 452 g/mol. The highest BCUT2D eigenvalue weighted by Gasteiger charge is 2.27.